The van der Waals surface area contributed by atoms with Crippen molar-refractivity contribution in [3.05, 3.63) is 71.3 Å². The number of hydrogen-bond donors (Lipinski definition) is 2. The number of nitrogens with one attached hydrogen (secondary N) is 1. The number of benzene rings is 2. The van der Waals surface area contributed by atoms with Gasteiger partial charge in [0, 0.05) is 18.2 Å². The normalized spacial score (nSPS) is 19.3. The number of nitrogens with zero attached hydrogens (tertiary/aromatic N) is 1. The fourth-order valence-electron chi connectivity index (χ4n) is 3.52. The van der Waals surface area contributed by atoms with Gasteiger partial charge in [0.1, 0.15) is 6.61 Å². The van der Waals surface area contributed by atoms with E-state index < -0.39 is 18.1 Å². The summed E-state index contributed by atoms with van der Waals surface area (Å²) in [6, 6.07) is 15.6. The molecule has 2 atom stereocenters. The Morgan fingerprint density at radius 1 is 1.14 bits per heavy atom. The zero-order valence-electron chi connectivity index (χ0n) is 16.5. The quantitative estimate of drug-likeness (QED) is 0.778. The first-order valence-corrected chi connectivity index (χ1v) is 9.52. The van der Waals surface area contributed by atoms with Crippen LogP contribution in [0.3, 0.4) is 0 Å². The van der Waals surface area contributed by atoms with E-state index in [4.69, 9.17) is 10.5 Å². The van der Waals surface area contributed by atoms with E-state index in [1.165, 1.54) is 0 Å². The predicted molar refractivity (Wildman–Crippen MR) is 108 cm³/mol. The van der Waals surface area contributed by atoms with Gasteiger partial charge in [-0.1, -0.05) is 42.5 Å². The number of hydrogen-bond acceptors (Lipinski definition) is 4. The van der Waals surface area contributed by atoms with Crippen LogP contribution in [-0.2, 0) is 20.9 Å². The summed E-state index contributed by atoms with van der Waals surface area (Å²) < 4.78 is 5.67. The number of carbonyl (C=O) groups excluding carboxylic acids is 3. The largest absolute Gasteiger partial charge is 0.366 e. The molecule has 2 aromatic rings. The third-order valence-corrected chi connectivity index (χ3v) is 4.92. The standard InChI is InChI=1S/C22H25N3O4/c1-14(2)25-18(26)13-29-20(19(25)16-6-4-3-5-7-16)22(28)24-12-15-8-10-17(11-9-15)21(23)27/h3-11,14,19-20H,12-13H2,1-2H3,(H2,23,27)(H,24,28)/t19-,20+/m1/s1. The van der Waals surface area contributed by atoms with Crippen LogP contribution in [0.4, 0.5) is 0 Å². The van der Waals surface area contributed by atoms with Crippen LogP contribution in [0.5, 0.6) is 0 Å². The molecule has 1 saturated heterocycles. The van der Waals surface area contributed by atoms with E-state index in [0.717, 1.165) is 11.1 Å². The Labute approximate surface area is 169 Å². The van der Waals surface area contributed by atoms with E-state index >= 15 is 0 Å². The lowest BCUT2D eigenvalue weighted by atomic mass is 9.95. The maximum Gasteiger partial charge on any atom is 0.251 e. The number of nitrogens with two attached hydrogens (primary N) is 1. The van der Waals surface area contributed by atoms with Crippen molar-refractivity contribution < 1.29 is 19.1 Å². The molecule has 1 aliphatic rings. The molecule has 0 unspecified atom stereocenters. The van der Waals surface area contributed by atoms with E-state index in [9.17, 15) is 14.4 Å². The van der Waals surface area contributed by atoms with Gasteiger partial charge in [-0.25, -0.2) is 0 Å². The molecule has 152 valence electrons. The summed E-state index contributed by atoms with van der Waals surface area (Å²) >= 11 is 0. The molecule has 0 radical (unpaired) electrons. The first-order valence-electron chi connectivity index (χ1n) is 9.52. The first kappa shape index (κ1) is 20.5. The summed E-state index contributed by atoms with van der Waals surface area (Å²) in [5.41, 5.74) is 7.33. The van der Waals surface area contributed by atoms with Gasteiger partial charge in [0.25, 0.3) is 5.91 Å². The van der Waals surface area contributed by atoms with Gasteiger partial charge in [0.15, 0.2) is 6.10 Å². The number of amides is 3. The SMILES string of the molecule is CC(C)N1C(=O)CO[C@H](C(=O)NCc2ccc(C(N)=O)cc2)[C@H]1c1ccccc1. The fraction of sp³-hybridized carbons (Fsp3) is 0.318. The molecule has 0 aliphatic carbocycles. The minimum Gasteiger partial charge on any atom is -0.366 e. The molecule has 7 heteroatoms. The maximum absolute atomic E-state index is 13.0. The second-order valence-corrected chi connectivity index (χ2v) is 7.26. The van der Waals surface area contributed by atoms with Gasteiger partial charge in [0.2, 0.25) is 11.8 Å². The van der Waals surface area contributed by atoms with E-state index in [-0.39, 0.29) is 31.0 Å². The Bertz CT molecular complexity index is 881. The average Bonchev–Trinajstić information content (AvgIpc) is 2.72. The van der Waals surface area contributed by atoms with Crippen LogP contribution in [0.25, 0.3) is 0 Å². The molecule has 0 aromatic heterocycles. The van der Waals surface area contributed by atoms with Crippen molar-refractivity contribution in [1.82, 2.24) is 10.2 Å². The molecule has 3 N–H and O–H groups in total. The molecule has 1 heterocycles. The lowest BCUT2D eigenvalue weighted by Crippen LogP contribution is -2.56. The van der Waals surface area contributed by atoms with Crippen molar-refractivity contribution >= 4 is 17.7 Å². The fourth-order valence-corrected chi connectivity index (χ4v) is 3.52. The second kappa shape index (κ2) is 8.87. The molecular formula is C22H25N3O4. The maximum atomic E-state index is 13.0. The number of carbonyl (C=O) groups is 3. The van der Waals surface area contributed by atoms with Gasteiger partial charge in [-0.3, -0.25) is 14.4 Å². The number of primary amides is 1. The van der Waals surface area contributed by atoms with Gasteiger partial charge >= 0.3 is 0 Å². The summed E-state index contributed by atoms with van der Waals surface area (Å²) in [6.45, 7) is 3.99. The highest BCUT2D eigenvalue weighted by atomic mass is 16.5. The highest BCUT2D eigenvalue weighted by molar-refractivity contribution is 5.92. The van der Waals surface area contributed by atoms with Crippen molar-refractivity contribution in [2.24, 2.45) is 5.73 Å². The van der Waals surface area contributed by atoms with Gasteiger partial charge in [0.05, 0.1) is 6.04 Å². The van der Waals surface area contributed by atoms with Crippen molar-refractivity contribution in [2.75, 3.05) is 6.61 Å². The van der Waals surface area contributed by atoms with E-state index in [0.29, 0.717) is 5.56 Å². The second-order valence-electron chi connectivity index (χ2n) is 7.26. The molecule has 0 spiro atoms. The van der Waals surface area contributed by atoms with E-state index in [2.05, 4.69) is 5.32 Å². The van der Waals surface area contributed by atoms with Crippen molar-refractivity contribution in [3.8, 4) is 0 Å². The van der Waals surface area contributed by atoms with Crippen molar-refractivity contribution in [3.63, 3.8) is 0 Å². The third kappa shape index (κ3) is 4.63. The van der Waals surface area contributed by atoms with Gasteiger partial charge in [-0.05, 0) is 37.1 Å². The summed E-state index contributed by atoms with van der Waals surface area (Å²) in [7, 11) is 0. The summed E-state index contributed by atoms with van der Waals surface area (Å²) in [6.07, 6.45) is -0.817. The van der Waals surface area contributed by atoms with Crippen molar-refractivity contribution in [2.45, 2.75) is 38.6 Å². The molecule has 3 amide bonds. The number of morpholine rings is 1. The molecule has 2 aromatic carbocycles. The summed E-state index contributed by atoms with van der Waals surface area (Å²) in [5, 5.41) is 2.87. The van der Waals surface area contributed by atoms with Crippen LogP contribution in [0.15, 0.2) is 54.6 Å². The Morgan fingerprint density at radius 3 is 2.38 bits per heavy atom. The predicted octanol–water partition coefficient (Wildman–Crippen LogP) is 1.78. The first-order chi connectivity index (χ1) is 13.9. The Morgan fingerprint density at radius 2 is 1.79 bits per heavy atom. The summed E-state index contributed by atoms with van der Waals surface area (Å²) in [4.78, 5) is 38.3. The van der Waals surface area contributed by atoms with Crippen LogP contribution in [0.2, 0.25) is 0 Å². The molecular weight excluding hydrogens is 370 g/mol. The van der Waals surface area contributed by atoms with Crippen LogP contribution in [-0.4, -0.2) is 41.4 Å². The van der Waals surface area contributed by atoms with Gasteiger partial charge < -0.3 is 20.7 Å². The smallest absolute Gasteiger partial charge is 0.251 e. The Kier molecular flexibility index (Phi) is 6.29. The average molecular weight is 395 g/mol. The van der Waals surface area contributed by atoms with Crippen LogP contribution in [0.1, 0.15) is 41.4 Å². The molecule has 29 heavy (non-hydrogen) atoms. The molecule has 7 nitrogen and oxygen atoms in total. The highest BCUT2D eigenvalue weighted by Crippen LogP contribution is 2.32. The molecule has 1 aliphatic heterocycles. The van der Waals surface area contributed by atoms with E-state index in [1.54, 1.807) is 29.2 Å². The molecule has 3 rings (SSSR count). The minimum atomic E-state index is -0.817. The monoisotopic (exact) mass is 395 g/mol. The van der Waals surface area contributed by atoms with Crippen LogP contribution >= 0.6 is 0 Å². The van der Waals surface area contributed by atoms with Gasteiger partial charge in [-0.15, -0.1) is 0 Å². The topological polar surface area (TPSA) is 102 Å². The molecule has 0 saturated carbocycles. The zero-order valence-corrected chi connectivity index (χ0v) is 16.5. The highest BCUT2D eigenvalue weighted by Gasteiger charge is 2.42. The lowest BCUT2D eigenvalue weighted by molar-refractivity contribution is -0.167. The number of ether oxygens (including phenoxy) is 1. The number of rotatable bonds is 6. The van der Waals surface area contributed by atoms with Gasteiger partial charge in [-0.2, -0.15) is 0 Å². The Balaban J connectivity index is 1.78. The summed E-state index contributed by atoms with van der Waals surface area (Å²) in [5.74, 6) is -0.934. The molecule has 0 bridgehead atoms. The van der Waals surface area contributed by atoms with Crippen LogP contribution < -0.4 is 11.1 Å². The van der Waals surface area contributed by atoms with Crippen molar-refractivity contribution in [1.29, 1.82) is 0 Å². The zero-order chi connectivity index (χ0) is 21.0. The minimum absolute atomic E-state index is 0.0757. The lowest BCUT2D eigenvalue weighted by Gasteiger charge is -2.42. The Hall–Kier alpha value is -3.19. The van der Waals surface area contributed by atoms with Crippen LogP contribution in [0, 0.1) is 0 Å². The third-order valence-electron chi connectivity index (χ3n) is 4.92. The van der Waals surface area contributed by atoms with E-state index in [1.807, 2.05) is 44.2 Å². The molecule has 1 fully saturated rings.